The van der Waals surface area contributed by atoms with Gasteiger partial charge in [0.15, 0.2) is 5.78 Å². The molecule has 1 saturated heterocycles. The van der Waals surface area contributed by atoms with Crippen LogP contribution >= 0.6 is 0 Å². The first kappa shape index (κ1) is 9.59. The molecular formula is C13H18O2. The first-order chi connectivity index (χ1) is 6.68. The molecule has 1 heterocycles. The number of rotatable bonds is 0. The van der Waals surface area contributed by atoms with E-state index in [1.54, 1.807) is 0 Å². The van der Waals surface area contributed by atoms with Crippen molar-refractivity contribution in [3.05, 3.63) is 11.1 Å². The smallest absolute Gasteiger partial charge is 0.168 e. The van der Waals surface area contributed by atoms with Crippen LogP contribution in [0.5, 0.6) is 0 Å². The van der Waals surface area contributed by atoms with Crippen molar-refractivity contribution in [3.8, 4) is 0 Å². The highest BCUT2D eigenvalue weighted by molar-refractivity contribution is 6.08. The van der Waals surface area contributed by atoms with Crippen molar-refractivity contribution < 1.29 is 9.53 Å². The molecule has 3 aliphatic rings. The normalized spacial score (nSPS) is 61.3. The lowest BCUT2D eigenvalue weighted by molar-refractivity contribution is -0.140. The molecule has 0 aromatic heterocycles. The number of epoxide rings is 1. The van der Waals surface area contributed by atoms with Gasteiger partial charge in [0.05, 0.1) is 5.41 Å². The zero-order valence-corrected chi connectivity index (χ0v) is 10.3. The third-order valence-electron chi connectivity index (χ3n) is 6.29. The van der Waals surface area contributed by atoms with Gasteiger partial charge in [0.1, 0.15) is 11.2 Å². The lowest BCUT2D eigenvalue weighted by atomic mass is 9.40. The van der Waals surface area contributed by atoms with Crippen molar-refractivity contribution in [1.29, 1.82) is 0 Å². The fourth-order valence-electron chi connectivity index (χ4n) is 4.53. The van der Waals surface area contributed by atoms with Gasteiger partial charge in [-0.25, -0.2) is 0 Å². The van der Waals surface area contributed by atoms with E-state index < -0.39 is 0 Å². The number of allylic oxidation sites excluding steroid dienone is 1. The Balaban J connectivity index is 2.29. The van der Waals surface area contributed by atoms with E-state index in [4.69, 9.17) is 4.74 Å². The van der Waals surface area contributed by atoms with Crippen LogP contribution in [0, 0.1) is 10.8 Å². The highest BCUT2D eigenvalue weighted by atomic mass is 16.6. The first-order valence-electron chi connectivity index (χ1n) is 5.61. The summed E-state index contributed by atoms with van der Waals surface area (Å²) in [6, 6.07) is 0. The number of ketones is 1. The third kappa shape index (κ3) is 0.490. The molecule has 0 aromatic carbocycles. The van der Waals surface area contributed by atoms with Crippen LogP contribution in [-0.2, 0) is 9.53 Å². The monoisotopic (exact) mass is 206 g/mol. The van der Waals surface area contributed by atoms with E-state index in [1.165, 1.54) is 5.57 Å². The molecule has 3 rings (SSSR count). The highest BCUT2D eigenvalue weighted by Gasteiger charge is 2.96. The van der Waals surface area contributed by atoms with Crippen LogP contribution in [0.4, 0.5) is 0 Å². The number of fused-ring (bicyclic) bond motifs is 4. The van der Waals surface area contributed by atoms with Gasteiger partial charge in [-0.05, 0) is 40.2 Å². The summed E-state index contributed by atoms with van der Waals surface area (Å²) in [6.07, 6.45) is 0. The fraction of sp³-hybridized carbons (Fsp3) is 0.769. The molecule has 0 radical (unpaired) electrons. The summed E-state index contributed by atoms with van der Waals surface area (Å²) in [5.41, 5.74) is 1.42. The van der Waals surface area contributed by atoms with Gasteiger partial charge in [0, 0.05) is 5.41 Å². The minimum atomic E-state index is -0.330. The molecule has 0 spiro atoms. The summed E-state index contributed by atoms with van der Waals surface area (Å²) in [4.78, 5) is 12.4. The van der Waals surface area contributed by atoms with Crippen molar-refractivity contribution in [1.82, 2.24) is 0 Å². The Morgan fingerprint density at radius 2 is 1.40 bits per heavy atom. The number of hydrogen-bond donors (Lipinski definition) is 0. The average molecular weight is 206 g/mol. The van der Waals surface area contributed by atoms with Crippen molar-refractivity contribution in [2.45, 2.75) is 52.7 Å². The predicted molar refractivity (Wildman–Crippen MR) is 57.5 cm³/mol. The lowest BCUT2D eigenvalue weighted by Gasteiger charge is -2.56. The lowest BCUT2D eigenvalue weighted by Crippen LogP contribution is -2.68. The van der Waals surface area contributed by atoms with E-state index >= 15 is 0 Å². The van der Waals surface area contributed by atoms with E-state index in [9.17, 15) is 4.79 Å². The Hall–Kier alpha value is -0.630. The molecule has 0 bridgehead atoms. The maximum Gasteiger partial charge on any atom is 0.168 e. The molecule has 1 aliphatic heterocycles. The molecule has 4 atom stereocenters. The molecule has 15 heavy (non-hydrogen) atoms. The summed E-state index contributed by atoms with van der Waals surface area (Å²) in [5.74, 6) is 0.292. The highest BCUT2D eigenvalue weighted by Crippen LogP contribution is 2.86. The van der Waals surface area contributed by atoms with Gasteiger partial charge in [0.25, 0.3) is 0 Å². The quantitative estimate of drug-likeness (QED) is 0.570. The van der Waals surface area contributed by atoms with Crippen molar-refractivity contribution in [2.24, 2.45) is 10.8 Å². The van der Waals surface area contributed by atoms with Gasteiger partial charge in [-0.2, -0.15) is 0 Å². The molecule has 2 aliphatic carbocycles. The van der Waals surface area contributed by atoms with Crippen molar-refractivity contribution in [3.63, 3.8) is 0 Å². The number of carbonyl (C=O) groups is 1. The van der Waals surface area contributed by atoms with Crippen LogP contribution in [0.1, 0.15) is 41.5 Å². The molecule has 0 N–H and O–H groups in total. The second kappa shape index (κ2) is 1.84. The Labute approximate surface area is 90.7 Å². The molecule has 2 nitrogen and oxygen atoms in total. The minimum Gasteiger partial charge on any atom is -0.361 e. The maximum atomic E-state index is 12.4. The fourth-order valence-corrected chi connectivity index (χ4v) is 4.53. The average Bonchev–Trinajstić information content (AvgIpc) is 2.71. The molecule has 0 unspecified atom stereocenters. The van der Waals surface area contributed by atoms with Gasteiger partial charge in [-0.3, -0.25) is 4.79 Å². The van der Waals surface area contributed by atoms with Crippen LogP contribution < -0.4 is 0 Å². The van der Waals surface area contributed by atoms with Gasteiger partial charge >= 0.3 is 0 Å². The Morgan fingerprint density at radius 1 is 0.933 bits per heavy atom. The van der Waals surface area contributed by atoms with Gasteiger partial charge in [0.2, 0.25) is 0 Å². The van der Waals surface area contributed by atoms with E-state index in [0.29, 0.717) is 5.78 Å². The Kier molecular flexibility index (Phi) is 1.17. The summed E-state index contributed by atoms with van der Waals surface area (Å²) < 4.78 is 5.91. The predicted octanol–water partition coefficient (Wildman–Crippen LogP) is 2.48. The molecular weight excluding hydrogens is 188 g/mol. The molecule has 0 aromatic rings. The van der Waals surface area contributed by atoms with E-state index in [-0.39, 0.29) is 22.0 Å². The summed E-state index contributed by atoms with van der Waals surface area (Å²) in [7, 11) is 0. The maximum absolute atomic E-state index is 12.4. The zero-order valence-electron chi connectivity index (χ0n) is 10.3. The van der Waals surface area contributed by atoms with E-state index in [1.807, 2.05) is 6.92 Å². The van der Waals surface area contributed by atoms with Crippen LogP contribution in [0.3, 0.4) is 0 Å². The standard InChI is InChI=1S/C13H18O2/c1-7-8(2)10(3)11(4,9(7)14)13(6)12(10,5)15-13/h1-6H3/t10-,11+,12-,13+/m0/s1. The van der Waals surface area contributed by atoms with Gasteiger partial charge in [-0.1, -0.05) is 12.5 Å². The number of Topliss-reactive ketones (excluding diaryl/α,β-unsaturated/α-hetero) is 1. The van der Waals surface area contributed by atoms with Crippen LogP contribution in [0.25, 0.3) is 0 Å². The van der Waals surface area contributed by atoms with E-state index in [0.717, 1.165) is 5.57 Å². The van der Waals surface area contributed by atoms with E-state index in [2.05, 4.69) is 34.6 Å². The number of carbonyl (C=O) groups excluding carboxylic acids is 1. The molecule has 1 saturated carbocycles. The Bertz CT molecular complexity index is 449. The SMILES string of the molecule is CC1=C(C)[C@]2(C)[C@]3(C)O[C@]3(C)[C@]2(C)C1=O. The summed E-state index contributed by atoms with van der Waals surface area (Å²) in [5, 5.41) is 0. The van der Waals surface area contributed by atoms with Crippen LogP contribution in [-0.4, -0.2) is 17.0 Å². The molecule has 82 valence electrons. The molecule has 2 heteroatoms. The van der Waals surface area contributed by atoms with Gasteiger partial charge in [-0.15, -0.1) is 0 Å². The van der Waals surface area contributed by atoms with Crippen LogP contribution in [0.2, 0.25) is 0 Å². The molecule has 2 fully saturated rings. The zero-order chi connectivity index (χ0) is 11.4. The molecule has 0 amide bonds. The van der Waals surface area contributed by atoms with Crippen molar-refractivity contribution >= 4 is 5.78 Å². The topological polar surface area (TPSA) is 29.6 Å². The summed E-state index contributed by atoms with van der Waals surface area (Å²) >= 11 is 0. The first-order valence-corrected chi connectivity index (χ1v) is 5.61. The minimum absolute atomic E-state index is 0.0874. The van der Waals surface area contributed by atoms with Gasteiger partial charge < -0.3 is 4.74 Å². The number of hydrogen-bond acceptors (Lipinski definition) is 2. The summed E-state index contributed by atoms with van der Waals surface area (Å²) in [6.45, 7) is 12.5. The largest absolute Gasteiger partial charge is 0.361 e. The number of ether oxygens (including phenoxy) is 1. The van der Waals surface area contributed by atoms with Crippen molar-refractivity contribution in [2.75, 3.05) is 0 Å². The second-order valence-corrected chi connectivity index (χ2v) is 6.00. The Morgan fingerprint density at radius 3 is 1.87 bits per heavy atom. The third-order valence-corrected chi connectivity index (χ3v) is 6.29. The second-order valence-electron chi connectivity index (χ2n) is 6.00. The van der Waals surface area contributed by atoms with Crippen LogP contribution in [0.15, 0.2) is 11.1 Å².